The van der Waals surface area contributed by atoms with E-state index >= 15 is 0 Å². The Hall–Kier alpha value is -1.52. The number of hydrogen-bond acceptors (Lipinski definition) is 3. The van der Waals surface area contributed by atoms with Crippen molar-refractivity contribution in [1.29, 1.82) is 0 Å². The van der Waals surface area contributed by atoms with Crippen molar-refractivity contribution < 1.29 is 9.53 Å². The maximum absolute atomic E-state index is 10.4. The molecule has 1 heterocycles. The largest absolute Gasteiger partial charge is 0.480 e. The molecule has 0 saturated carbocycles. The van der Waals surface area contributed by atoms with Crippen molar-refractivity contribution >= 4 is 5.91 Å². The normalized spacial score (nSPS) is 9.92. The van der Waals surface area contributed by atoms with Crippen LogP contribution in [0.2, 0.25) is 0 Å². The van der Waals surface area contributed by atoms with Crippen molar-refractivity contribution in [2.75, 3.05) is 6.61 Å². The molecule has 13 heavy (non-hydrogen) atoms. The maximum Gasteiger partial charge on any atom is 0.255 e. The van der Waals surface area contributed by atoms with Crippen LogP contribution in [0.3, 0.4) is 0 Å². The highest BCUT2D eigenvalue weighted by Crippen LogP contribution is 2.07. The molecule has 1 aromatic heterocycles. The van der Waals surface area contributed by atoms with Gasteiger partial charge in [0, 0.05) is 6.54 Å². The Kier molecular flexibility index (Phi) is 3.31. The lowest BCUT2D eigenvalue weighted by molar-refractivity contribution is -0.119. The third kappa shape index (κ3) is 3.14. The fourth-order valence-corrected chi connectivity index (χ4v) is 0.925. The maximum atomic E-state index is 10.4. The van der Waals surface area contributed by atoms with Gasteiger partial charge in [0.25, 0.3) is 5.91 Å². The highest BCUT2D eigenvalue weighted by molar-refractivity contribution is 5.75. The number of ether oxygens (including phenoxy) is 1. The van der Waals surface area contributed by atoms with Gasteiger partial charge in [0.2, 0.25) is 0 Å². The summed E-state index contributed by atoms with van der Waals surface area (Å²) in [5.74, 6) is 0.0930. The van der Waals surface area contributed by atoms with Gasteiger partial charge in [-0.15, -0.1) is 0 Å². The standard InChI is InChI=1S/C8H13N3O2/c1-2-3-11-5-7(4-10-11)13-6-8(9)12/h4-5H,2-3,6H2,1H3,(H2,9,12). The number of rotatable bonds is 5. The molecule has 0 aromatic carbocycles. The van der Waals surface area contributed by atoms with Crippen LogP contribution in [-0.2, 0) is 11.3 Å². The van der Waals surface area contributed by atoms with E-state index in [2.05, 4.69) is 12.0 Å². The van der Waals surface area contributed by atoms with Gasteiger partial charge in [0.1, 0.15) is 0 Å². The number of amides is 1. The van der Waals surface area contributed by atoms with Crippen LogP contribution in [0.25, 0.3) is 0 Å². The SMILES string of the molecule is CCCn1cc(OCC(N)=O)cn1. The third-order valence-corrected chi connectivity index (χ3v) is 1.44. The number of carbonyl (C=O) groups is 1. The van der Waals surface area contributed by atoms with E-state index in [1.54, 1.807) is 17.1 Å². The lowest BCUT2D eigenvalue weighted by Crippen LogP contribution is -2.19. The molecule has 0 aliphatic rings. The van der Waals surface area contributed by atoms with E-state index in [0.717, 1.165) is 13.0 Å². The van der Waals surface area contributed by atoms with Crippen molar-refractivity contribution in [2.24, 2.45) is 5.73 Å². The van der Waals surface area contributed by atoms with Crippen LogP contribution in [0.4, 0.5) is 0 Å². The molecule has 1 aromatic rings. The minimum absolute atomic E-state index is 0.0994. The molecule has 0 fully saturated rings. The molecule has 1 amide bonds. The summed E-state index contributed by atoms with van der Waals surface area (Å²) in [5, 5.41) is 4.02. The molecule has 5 nitrogen and oxygen atoms in total. The number of nitrogens with zero attached hydrogens (tertiary/aromatic N) is 2. The van der Waals surface area contributed by atoms with Gasteiger partial charge in [-0.05, 0) is 6.42 Å². The quantitative estimate of drug-likeness (QED) is 0.706. The molecule has 0 aliphatic carbocycles. The monoisotopic (exact) mass is 183 g/mol. The Labute approximate surface area is 76.5 Å². The summed E-state index contributed by atoms with van der Waals surface area (Å²) in [4.78, 5) is 10.4. The predicted molar refractivity (Wildman–Crippen MR) is 47.2 cm³/mol. The first-order valence-corrected chi connectivity index (χ1v) is 4.16. The summed E-state index contributed by atoms with van der Waals surface area (Å²) < 4.78 is 6.80. The van der Waals surface area contributed by atoms with Gasteiger partial charge in [-0.25, -0.2) is 0 Å². The van der Waals surface area contributed by atoms with Crippen molar-refractivity contribution in [3.8, 4) is 5.75 Å². The number of hydrogen-bond donors (Lipinski definition) is 1. The van der Waals surface area contributed by atoms with Gasteiger partial charge in [0.15, 0.2) is 12.4 Å². The third-order valence-electron chi connectivity index (χ3n) is 1.44. The first-order valence-electron chi connectivity index (χ1n) is 4.16. The molecule has 0 bridgehead atoms. The molecule has 0 radical (unpaired) electrons. The molecule has 5 heteroatoms. The molecule has 72 valence electrons. The molecular weight excluding hydrogens is 170 g/mol. The van der Waals surface area contributed by atoms with Gasteiger partial charge in [0.05, 0.1) is 12.4 Å². The van der Waals surface area contributed by atoms with Crippen molar-refractivity contribution in [3.63, 3.8) is 0 Å². The second-order valence-electron chi connectivity index (χ2n) is 2.69. The molecule has 1 rings (SSSR count). The van der Waals surface area contributed by atoms with Crippen molar-refractivity contribution in [3.05, 3.63) is 12.4 Å². The zero-order chi connectivity index (χ0) is 9.68. The fourth-order valence-electron chi connectivity index (χ4n) is 0.925. The number of aromatic nitrogens is 2. The van der Waals surface area contributed by atoms with Gasteiger partial charge in [-0.2, -0.15) is 5.10 Å². The van der Waals surface area contributed by atoms with E-state index in [0.29, 0.717) is 5.75 Å². The molecule has 0 aliphatic heterocycles. The van der Waals surface area contributed by atoms with Crippen LogP contribution in [0.5, 0.6) is 5.75 Å². The number of aryl methyl sites for hydroxylation is 1. The lowest BCUT2D eigenvalue weighted by atomic mass is 10.5. The molecule has 0 saturated heterocycles. The Bertz CT molecular complexity index is 283. The second kappa shape index (κ2) is 4.49. The van der Waals surface area contributed by atoms with Gasteiger partial charge >= 0.3 is 0 Å². The van der Waals surface area contributed by atoms with Crippen LogP contribution >= 0.6 is 0 Å². The molecule has 2 N–H and O–H groups in total. The van der Waals surface area contributed by atoms with Gasteiger partial charge in [-0.3, -0.25) is 9.48 Å². The lowest BCUT2D eigenvalue weighted by Gasteiger charge is -1.98. The van der Waals surface area contributed by atoms with E-state index < -0.39 is 5.91 Å². The first kappa shape index (κ1) is 9.57. The number of nitrogens with two attached hydrogens (primary N) is 1. The zero-order valence-corrected chi connectivity index (χ0v) is 7.56. The number of primary amides is 1. The van der Waals surface area contributed by atoms with Crippen LogP contribution in [-0.4, -0.2) is 22.3 Å². The Morgan fingerprint density at radius 3 is 3.15 bits per heavy atom. The smallest absolute Gasteiger partial charge is 0.255 e. The van der Waals surface area contributed by atoms with E-state index in [4.69, 9.17) is 10.5 Å². The van der Waals surface area contributed by atoms with E-state index in [1.807, 2.05) is 0 Å². The van der Waals surface area contributed by atoms with Crippen molar-refractivity contribution in [1.82, 2.24) is 9.78 Å². The Morgan fingerprint density at radius 2 is 2.54 bits per heavy atom. The summed E-state index contributed by atoms with van der Waals surface area (Å²) in [6, 6.07) is 0. The highest BCUT2D eigenvalue weighted by atomic mass is 16.5. The van der Waals surface area contributed by atoms with E-state index in [9.17, 15) is 4.79 Å². The average molecular weight is 183 g/mol. The summed E-state index contributed by atoms with van der Waals surface area (Å²) in [5.41, 5.74) is 4.91. The Balaban J connectivity index is 2.44. The molecule has 0 spiro atoms. The van der Waals surface area contributed by atoms with Crippen LogP contribution in [0, 0.1) is 0 Å². The molecular formula is C8H13N3O2. The van der Waals surface area contributed by atoms with Crippen LogP contribution in [0.15, 0.2) is 12.4 Å². The fraction of sp³-hybridized carbons (Fsp3) is 0.500. The summed E-state index contributed by atoms with van der Waals surface area (Å²) >= 11 is 0. The predicted octanol–water partition coefficient (Wildman–Crippen LogP) is 0.157. The minimum atomic E-state index is -0.483. The first-order chi connectivity index (χ1) is 6.22. The van der Waals surface area contributed by atoms with Gasteiger partial charge < -0.3 is 10.5 Å². The van der Waals surface area contributed by atoms with E-state index in [-0.39, 0.29) is 6.61 Å². The average Bonchev–Trinajstić information content (AvgIpc) is 2.50. The highest BCUT2D eigenvalue weighted by Gasteiger charge is 2.00. The minimum Gasteiger partial charge on any atom is -0.480 e. The topological polar surface area (TPSA) is 70.1 Å². The van der Waals surface area contributed by atoms with Crippen LogP contribution < -0.4 is 10.5 Å². The van der Waals surface area contributed by atoms with Gasteiger partial charge in [-0.1, -0.05) is 6.92 Å². The van der Waals surface area contributed by atoms with E-state index in [1.165, 1.54) is 0 Å². The summed E-state index contributed by atoms with van der Waals surface area (Å²) in [6.45, 7) is 2.81. The van der Waals surface area contributed by atoms with Crippen LogP contribution in [0.1, 0.15) is 13.3 Å². The summed E-state index contributed by atoms with van der Waals surface area (Å²) in [7, 11) is 0. The second-order valence-corrected chi connectivity index (χ2v) is 2.69. The zero-order valence-electron chi connectivity index (χ0n) is 7.56. The summed E-state index contributed by atoms with van der Waals surface area (Å²) in [6.07, 6.45) is 4.32. The molecule has 0 unspecified atom stereocenters. The Morgan fingerprint density at radius 1 is 1.77 bits per heavy atom. The number of carbonyl (C=O) groups excluding carboxylic acids is 1. The molecule has 0 atom stereocenters. The van der Waals surface area contributed by atoms with Crippen molar-refractivity contribution in [2.45, 2.75) is 19.9 Å².